The molecular weight excluding hydrogens is 319 g/mol. The molecule has 3 rings (SSSR count). The van der Waals surface area contributed by atoms with E-state index in [9.17, 15) is 4.79 Å². The highest BCUT2D eigenvalue weighted by atomic mass is 16.7. The van der Waals surface area contributed by atoms with E-state index < -0.39 is 7.12 Å². The summed E-state index contributed by atoms with van der Waals surface area (Å²) in [5.74, 6) is 1.17. The van der Waals surface area contributed by atoms with Crippen LogP contribution >= 0.6 is 0 Å². The molecule has 1 atom stereocenters. The second-order valence-electron chi connectivity index (χ2n) is 7.94. The summed E-state index contributed by atoms with van der Waals surface area (Å²) in [5, 5.41) is 2.88. The van der Waals surface area contributed by atoms with Crippen LogP contribution < -0.4 is 15.7 Å². The Morgan fingerprint density at radius 1 is 1.28 bits per heavy atom. The molecule has 2 saturated heterocycles. The van der Waals surface area contributed by atoms with Crippen molar-refractivity contribution in [3.05, 3.63) is 12.4 Å². The summed E-state index contributed by atoms with van der Waals surface area (Å²) in [7, 11) is -0.440. The van der Waals surface area contributed by atoms with E-state index in [0.29, 0.717) is 18.4 Å². The van der Waals surface area contributed by atoms with Gasteiger partial charge in [0.25, 0.3) is 0 Å². The molecule has 0 aliphatic carbocycles. The normalized spacial score (nSPS) is 24.6. The van der Waals surface area contributed by atoms with Crippen LogP contribution in [0.15, 0.2) is 12.4 Å². The number of amides is 1. The Labute approximate surface area is 149 Å². The largest absolute Gasteiger partial charge is 0.498 e. The molecule has 0 radical (unpaired) electrons. The Hall–Kier alpha value is -1.67. The lowest BCUT2D eigenvalue weighted by atomic mass is 9.81. The van der Waals surface area contributed by atoms with Crippen LogP contribution in [0.1, 0.15) is 41.0 Å². The van der Waals surface area contributed by atoms with Gasteiger partial charge in [-0.25, -0.2) is 9.97 Å². The lowest BCUT2D eigenvalue weighted by molar-refractivity contribution is -0.119. The van der Waals surface area contributed by atoms with Crippen molar-refractivity contribution in [3.8, 4) is 0 Å². The maximum Gasteiger partial charge on any atom is 0.498 e. The quantitative estimate of drug-likeness (QED) is 0.811. The van der Waals surface area contributed by atoms with E-state index in [-0.39, 0.29) is 17.1 Å². The summed E-state index contributed by atoms with van der Waals surface area (Å²) in [6, 6.07) is 0. The van der Waals surface area contributed by atoms with Crippen molar-refractivity contribution in [2.45, 2.75) is 52.2 Å². The molecule has 1 amide bonds. The number of rotatable bonds is 4. The summed E-state index contributed by atoms with van der Waals surface area (Å²) < 4.78 is 12.1. The van der Waals surface area contributed by atoms with E-state index >= 15 is 0 Å². The third kappa shape index (κ3) is 3.79. The highest BCUT2D eigenvalue weighted by Gasteiger charge is 2.52. The number of hydrogen-bond donors (Lipinski definition) is 1. The van der Waals surface area contributed by atoms with Crippen molar-refractivity contribution in [2.24, 2.45) is 5.92 Å². The standard InChI is InChI=1S/C17H27BN4O3/c1-12(23)19-8-13-6-7-22(11-13)15-20-9-14(10-21-15)18-24-16(2,3)17(4,5)25-18/h9-10,13H,6-8,11H2,1-5H3,(H,19,23)/t13-/m0/s1. The minimum atomic E-state index is -0.440. The molecule has 2 fully saturated rings. The zero-order valence-corrected chi connectivity index (χ0v) is 15.7. The summed E-state index contributed by atoms with van der Waals surface area (Å²) in [5.41, 5.74) is 0.0844. The fourth-order valence-corrected chi connectivity index (χ4v) is 3.06. The molecule has 1 aromatic rings. The van der Waals surface area contributed by atoms with Crippen molar-refractivity contribution < 1.29 is 14.1 Å². The highest BCUT2D eigenvalue weighted by molar-refractivity contribution is 6.61. The van der Waals surface area contributed by atoms with E-state index in [1.54, 1.807) is 19.3 Å². The number of nitrogens with zero attached hydrogens (tertiary/aromatic N) is 3. The van der Waals surface area contributed by atoms with Crippen LogP contribution in [0, 0.1) is 5.92 Å². The van der Waals surface area contributed by atoms with E-state index in [4.69, 9.17) is 9.31 Å². The number of anilines is 1. The molecule has 7 nitrogen and oxygen atoms in total. The summed E-state index contributed by atoms with van der Waals surface area (Å²) >= 11 is 0. The topological polar surface area (TPSA) is 76.6 Å². The van der Waals surface area contributed by atoms with E-state index in [1.807, 2.05) is 27.7 Å². The molecule has 25 heavy (non-hydrogen) atoms. The van der Waals surface area contributed by atoms with Gasteiger partial charge in [0, 0.05) is 44.4 Å². The first-order valence-corrected chi connectivity index (χ1v) is 8.85. The summed E-state index contributed by atoms with van der Waals surface area (Å²) in [4.78, 5) is 22.2. The Bertz CT molecular complexity index is 619. The maximum absolute atomic E-state index is 11.0. The van der Waals surface area contributed by atoms with Crippen molar-refractivity contribution >= 4 is 24.4 Å². The smallest absolute Gasteiger partial charge is 0.399 e. The lowest BCUT2D eigenvalue weighted by Crippen LogP contribution is -2.41. The van der Waals surface area contributed by atoms with Crippen LogP contribution in [-0.2, 0) is 14.1 Å². The zero-order valence-electron chi connectivity index (χ0n) is 15.7. The monoisotopic (exact) mass is 346 g/mol. The average Bonchev–Trinajstić information content (AvgIpc) is 3.08. The Balaban J connectivity index is 1.61. The molecule has 1 N–H and O–H groups in total. The molecule has 1 aromatic heterocycles. The average molecular weight is 346 g/mol. The van der Waals surface area contributed by atoms with Gasteiger partial charge in [-0.15, -0.1) is 0 Å². The second-order valence-corrected chi connectivity index (χ2v) is 7.94. The predicted molar refractivity (Wildman–Crippen MR) is 96.8 cm³/mol. The number of carbonyl (C=O) groups is 1. The van der Waals surface area contributed by atoms with Crippen molar-refractivity contribution in [1.29, 1.82) is 0 Å². The fraction of sp³-hybridized carbons (Fsp3) is 0.706. The van der Waals surface area contributed by atoms with Gasteiger partial charge in [0.15, 0.2) is 0 Å². The van der Waals surface area contributed by atoms with Crippen molar-refractivity contribution in [1.82, 2.24) is 15.3 Å². The van der Waals surface area contributed by atoms with Crippen molar-refractivity contribution in [2.75, 3.05) is 24.5 Å². The Morgan fingerprint density at radius 3 is 2.44 bits per heavy atom. The minimum Gasteiger partial charge on any atom is -0.399 e. The van der Waals surface area contributed by atoms with E-state index in [2.05, 4.69) is 20.2 Å². The first-order chi connectivity index (χ1) is 11.7. The number of carbonyl (C=O) groups excluding carboxylic acids is 1. The number of nitrogens with one attached hydrogen (secondary N) is 1. The van der Waals surface area contributed by atoms with Gasteiger partial charge in [-0.3, -0.25) is 4.79 Å². The third-order valence-corrected chi connectivity index (χ3v) is 5.39. The van der Waals surface area contributed by atoms with Gasteiger partial charge in [-0.1, -0.05) is 0 Å². The molecule has 0 spiro atoms. The van der Waals surface area contributed by atoms with Crippen LogP contribution in [0.5, 0.6) is 0 Å². The Kier molecular flexibility index (Phi) is 4.77. The third-order valence-electron chi connectivity index (χ3n) is 5.39. The fourth-order valence-electron chi connectivity index (χ4n) is 3.06. The van der Waals surface area contributed by atoms with Crippen LogP contribution in [0.4, 0.5) is 5.95 Å². The van der Waals surface area contributed by atoms with Crippen LogP contribution in [0.3, 0.4) is 0 Å². The lowest BCUT2D eigenvalue weighted by Gasteiger charge is -2.32. The first-order valence-electron chi connectivity index (χ1n) is 8.85. The van der Waals surface area contributed by atoms with Crippen molar-refractivity contribution in [3.63, 3.8) is 0 Å². The molecule has 0 aromatic carbocycles. The summed E-state index contributed by atoms with van der Waals surface area (Å²) in [6.45, 7) is 12.1. The SMILES string of the molecule is CC(=O)NC[C@@H]1CCN(c2ncc(B3OC(C)(C)C(C)(C)O3)cn2)C1. The first kappa shape index (κ1) is 18.1. The van der Waals surface area contributed by atoms with Gasteiger partial charge in [-0.2, -0.15) is 0 Å². The van der Waals surface area contributed by atoms with Gasteiger partial charge in [-0.05, 0) is 40.0 Å². The molecule has 0 bridgehead atoms. The summed E-state index contributed by atoms with van der Waals surface area (Å²) in [6.07, 6.45) is 4.60. The molecule has 8 heteroatoms. The molecule has 2 aliphatic rings. The van der Waals surface area contributed by atoms with Gasteiger partial charge >= 0.3 is 7.12 Å². The van der Waals surface area contributed by atoms with Gasteiger partial charge < -0.3 is 19.5 Å². The van der Waals surface area contributed by atoms with Crippen LogP contribution in [0.25, 0.3) is 0 Å². The molecule has 0 saturated carbocycles. The van der Waals surface area contributed by atoms with E-state index in [1.165, 1.54) is 0 Å². The molecule has 3 heterocycles. The minimum absolute atomic E-state index is 0.0152. The van der Waals surface area contributed by atoms with Crippen LogP contribution in [0.2, 0.25) is 0 Å². The van der Waals surface area contributed by atoms with Gasteiger partial charge in [0.05, 0.1) is 11.2 Å². The van der Waals surface area contributed by atoms with Crippen LogP contribution in [-0.4, -0.2) is 53.8 Å². The molecule has 0 unspecified atom stereocenters. The van der Waals surface area contributed by atoms with Gasteiger partial charge in [0.2, 0.25) is 11.9 Å². The van der Waals surface area contributed by atoms with Gasteiger partial charge in [0.1, 0.15) is 0 Å². The number of hydrogen-bond acceptors (Lipinski definition) is 6. The maximum atomic E-state index is 11.0. The number of aromatic nitrogens is 2. The predicted octanol–water partition coefficient (Wildman–Crippen LogP) is 0.738. The van der Waals surface area contributed by atoms with E-state index in [0.717, 1.165) is 25.0 Å². The molecule has 2 aliphatic heterocycles. The Morgan fingerprint density at radius 2 is 1.88 bits per heavy atom. The molecular formula is C17H27BN4O3. The zero-order chi connectivity index (χ0) is 18.2. The molecule has 136 valence electrons. The second kappa shape index (κ2) is 6.57. The highest BCUT2D eigenvalue weighted by Crippen LogP contribution is 2.36.